The minimum absolute atomic E-state index is 0.0354. The zero-order chi connectivity index (χ0) is 25.6. The van der Waals surface area contributed by atoms with Crippen molar-refractivity contribution < 1.29 is 28.5 Å². The second-order valence-electron chi connectivity index (χ2n) is 11.7. The molecule has 198 valence electrons. The average molecular weight is 515 g/mol. The standard InChI is InChI=1S/C32H34O6/c33-29(37-27-15-19-9-11-21(27)13-19)17-35-31-23-5-1-2-6-24(23)32(26-8-4-3-7-25(26)31)36-18-30(34)38-28-16-20-10-12-22(28)14-20/h1-8,19-22,27-28H,9-18H2. The lowest BCUT2D eigenvalue weighted by molar-refractivity contribution is -0.154. The van der Waals surface area contributed by atoms with Crippen molar-refractivity contribution in [2.24, 2.45) is 23.7 Å². The molecule has 0 aliphatic heterocycles. The first-order valence-electron chi connectivity index (χ1n) is 14.2. The second-order valence-corrected chi connectivity index (χ2v) is 11.7. The van der Waals surface area contributed by atoms with Crippen LogP contribution in [0.15, 0.2) is 48.5 Å². The van der Waals surface area contributed by atoms with Crippen molar-refractivity contribution in [3.05, 3.63) is 48.5 Å². The molecular formula is C32H34O6. The number of rotatable bonds is 8. The van der Waals surface area contributed by atoms with E-state index in [1.165, 1.54) is 25.7 Å². The molecule has 0 radical (unpaired) electrons. The van der Waals surface area contributed by atoms with Gasteiger partial charge in [0.2, 0.25) is 0 Å². The van der Waals surface area contributed by atoms with Gasteiger partial charge >= 0.3 is 11.9 Å². The highest BCUT2D eigenvalue weighted by atomic mass is 16.6. The molecule has 0 saturated heterocycles. The Kier molecular flexibility index (Phi) is 6.13. The van der Waals surface area contributed by atoms with Gasteiger partial charge in [-0.2, -0.15) is 0 Å². The Morgan fingerprint density at radius 1 is 0.579 bits per heavy atom. The van der Waals surface area contributed by atoms with Crippen LogP contribution in [0.1, 0.15) is 51.4 Å². The smallest absolute Gasteiger partial charge is 0.344 e. The van der Waals surface area contributed by atoms with Crippen molar-refractivity contribution >= 4 is 33.5 Å². The number of carbonyl (C=O) groups is 2. The largest absolute Gasteiger partial charge is 0.481 e. The van der Waals surface area contributed by atoms with E-state index in [2.05, 4.69) is 0 Å². The van der Waals surface area contributed by atoms with Crippen LogP contribution in [0.5, 0.6) is 11.5 Å². The molecule has 38 heavy (non-hydrogen) atoms. The van der Waals surface area contributed by atoms with E-state index in [0.29, 0.717) is 35.2 Å². The van der Waals surface area contributed by atoms with Gasteiger partial charge in [-0.3, -0.25) is 0 Å². The summed E-state index contributed by atoms with van der Waals surface area (Å²) in [6.45, 7) is -0.282. The first kappa shape index (κ1) is 23.8. The van der Waals surface area contributed by atoms with Gasteiger partial charge < -0.3 is 18.9 Å². The highest BCUT2D eigenvalue weighted by Gasteiger charge is 2.42. The third-order valence-electron chi connectivity index (χ3n) is 9.41. The minimum atomic E-state index is -0.320. The predicted molar refractivity (Wildman–Crippen MR) is 143 cm³/mol. The van der Waals surface area contributed by atoms with Gasteiger partial charge in [0, 0.05) is 21.5 Å². The minimum Gasteiger partial charge on any atom is -0.481 e. The third kappa shape index (κ3) is 4.38. The molecule has 0 N–H and O–H groups in total. The van der Waals surface area contributed by atoms with Gasteiger partial charge in [-0.25, -0.2) is 9.59 Å². The molecule has 6 unspecified atom stereocenters. The molecule has 0 aromatic heterocycles. The maximum absolute atomic E-state index is 12.7. The van der Waals surface area contributed by atoms with E-state index in [1.54, 1.807) is 0 Å². The highest BCUT2D eigenvalue weighted by Crippen LogP contribution is 2.47. The molecule has 6 atom stereocenters. The van der Waals surface area contributed by atoms with Crippen molar-refractivity contribution in [2.45, 2.75) is 63.6 Å². The van der Waals surface area contributed by atoms with Gasteiger partial charge in [0.15, 0.2) is 13.2 Å². The van der Waals surface area contributed by atoms with Crippen molar-refractivity contribution in [2.75, 3.05) is 13.2 Å². The highest BCUT2D eigenvalue weighted by molar-refractivity contribution is 6.11. The number of benzene rings is 3. The molecule has 0 spiro atoms. The summed E-state index contributed by atoms with van der Waals surface area (Å²) < 4.78 is 23.9. The Hall–Kier alpha value is -3.28. The number of ether oxygens (including phenoxy) is 4. The second kappa shape index (κ2) is 9.79. The molecular weight excluding hydrogens is 480 g/mol. The Bertz CT molecular complexity index is 1220. The molecule has 4 fully saturated rings. The number of carbonyl (C=O) groups excluding carboxylic acids is 2. The van der Waals surface area contributed by atoms with E-state index in [4.69, 9.17) is 18.9 Å². The summed E-state index contributed by atoms with van der Waals surface area (Å²) in [6, 6.07) is 15.6. The number of fused-ring (bicyclic) bond motifs is 6. The molecule has 6 nitrogen and oxygen atoms in total. The van der Waals surface area contributed by atoms with E-state index in [0.717, 1.165) is 47.2 Å². The Morgan fingerprint density at radius 2 is 0.974 bits per heavy atom. The van der Waals surface area contributed by atoms with Gasteiger partial charge in [-0.05, 0) is 75.0 Å². The van der Waals surface area contributed by atoms with Gasteiger partial charge in [0.05, 0.1) is 0 Å². The molecule has 7 rings (SSSR count). The van der Waals surface area contributed by atoms with Crippen LogP contribution in [0.2, 0.25) is 0 Å². The van der Waals surface area contributed by atoms with Crippen molar-refractivity contribution in [3.63, 3.8) is 0 Å². The summed E-state index contributed by atoms with van der Waals surface area (Å²) in [5, 5.41) is 3.32. The normalized spacial score (nSPS) is 29.2. The summed E-state index contributed by atoms with van der Waals surface area (Å²) >= 11 is 0. The topological polar surface area (TPSA) is 71.1 Å². The van der Waals surface area contributed by atoms with Crippen LogP contribution >= 0.6 is 0 Å². The molecule has 0 amide bonds. The molecule has 4 aliphatic rings. The fourth-order valence-electron chi connectivity index (χ4n) is 7.69. The number of hydrogen-bond donors (Lipinski definition) is 0. The lowest BCUT2D eigenvalue weighted by Gasteiger charge is -2.23. The van der Waals surface area contributed by atoms with Crippen LogP contribution in [0.4, 0.5) is 0 Å². The maximum Gasteiger partial charge on any atom is 0.344 e. The molecule has 4 saturated carbocycles. The molecule has 3 aromatic rings. The van der Waals surface area contributed by atoms with E-state index < -0.39 is 0 Å². The molecule has 0 heterocycles. The van der Waals surface area contributed by atoms with Crippen molar-refractivity contribution in [1.29, 1.82) is 0 Å². The molecule has 4 bridgehead atoms. The lowest BCUT2D eigenvalue weighted by atomic mass is 9.98. The van der Waals surface area contributed by atoms with Crippen LogP contribution in [-0.4, -0.2) is 37.4 Å². The SMILES string of the molecule is O=C(COc1c2ccccc2c(OCC(=O)OC2CC3CCC2C3)c2ccccc12)OC1CC2CCC1C2. The fourth-order valence-corrected chi connectivity index (χ4v) is 7.69. The van der Waals surface area contributed by atoms with E-state index in [9.17, 15) is 9.59 Å². The number of hydrogen-bond acceptors (Lipinski definition) is 6. The van der Waals surface area contributed by atoms with Crippen molar-refractivity contribution in [1.82, 2.24) is 0 Å². The van der Waals surface area contributed by atoms with Crippen LogP contribution in [0, 0.1) is 23.7 Å². The predicted octanol–water partition coefficient (Wildman–Crippen LogP) is 6.21. The van der Waals surface area contributed by atoms with Crippen LogP contribution in [0.25, 0.3) is 21.5 Å². The Morgan fingerprint density at radius 3 is 1.29 bits per heavy atom. The number of esters is 2. The monoisotopic (exact) mass is 514 g/mol. The zero-order valence-corrected chi connectivity index (χ0v) is 21.6. The van der Waals surface area contributed by atoms with Crippen LogP contribution in [0.3, 0.4) is 0 Å². The first-order valence-corrected chi connectivity index (χ1v) is 14.2. The van der Waals surface area contributed by atoms with Gasteiger partial charge in [-0.15, -0.1) is 0 Å². The van der Waals surface area contributed by atoms with Gasteiger partial charge in [-0.1, -0.05) is 48.5 Å². The Labute approximate surface area is 222 Å². The maximum atomic E-state index is 12.7. The Balaban J connectivity index is 1.10. The summed E-state index contributed by atoms with van der Waals surface area (Å²) in [7, 11) is 0. The quantitative estimate of drug-likeness (QED) is 0.263. The molecule has 6 heteroatoms. The average Bonchev–Trinajstić information content (AvgIpc) is 3.73. The fraction of sp³-hybridized carbons (Fsp3) is 0.500. The summed E-state index contributed by atoms with van der Waals surface area (Å²) in [6.07, 6.45) is 9.27. The zero-order valence-electron chi connectivity index (χ0n) is 21.6. The van der Waals surface area contributed by atoms with E-state index >= 15 is 0 Å². The lowest BCUT2D eigenvalue weighted by Crippen LogP contribution is -2.27. The van der Waals surface area contributed by atoms with Gasteiger partial charge in [0.1, 0.15) is 23.7 Å². The summed E-state index contributed by atoms with van der Waals surface area (Å²) in [5.41, 5.74) is 0. The first-order chi connectivity index (χ1) is 18.6. The summed E-state index contributed by atoms with van der Waals surface area (Å²) in [4.78, 5) is 25.5. The van der Waals surface area contributed by atoms with Gasteiger partial charge in [0.25, 0.3) is 0 Å². The molecule has 3 aromatic carbocycles. The van der Waals surface area contributed by atoms with Crippen molar-refractivity contribution in [3.8, 4) is 11.5 Å². The third-order valence-corrected chi connectivity index (χ3v) is 9.41. The van der Waals surface area contributed by atoms with Crippen LogP contribution < -0.4 is 9.47 Å². The van der Waals surface area contributed by atoms with E-state index in [-0.39, 0.29) is 37.4 Å². The summed E-state index contributed by atoms with van der Waals surface area (Å²) in [5.74, 6) is 3.05. The van der Waals surface area contributed by atoms with E-state index in [1.807, 2.05) is 48.5 Å². The van der Waals surface area contributed by atoms with Crippen LogP contribution in [-0.2, 0) is 19.1 Å². The molecule has 4 aliphatic carbocycles.